The Bertz CT molecular complexity index is 354. The third-order valence-electron chi connectivity index (χ3n) is 2.40. The molecular formula is C12H18ClNO2. The van der Waals surface area contributed by atoms with Gasteiger partial charge < -0.3 is 10.8 Å². The first-order chi connectivity index (χ1) is 6.82. The van der Waals surface area contributed by atoms with Crippen LogP contribution in [0.4, 0.5) is 0 Å². The Morgan fingerprint density at radius 3 is 2.00 bits per heavy atom. The number of carboxylic acid groups (broad SMARTS) is 1. The van der Waals surface area contributed by atoms with E-state index >= 15 is 0 Å². The van der Waals surface area contributed by atoms with Crippen LogP contribution in [0, 0.1) is 0 Å². The molecule has 0 heterocycles. The molecule has 0 amide bonds. The van der Waals surface area contributed by atoms with Crippen LogP contribution in [-0.4, -0.2) is 11.1 Å². The minimum absolute atomic E-state index is 0. The molecule has 0 aliphatic carbocycles. The molecule has 0 saturated carbocycles. The molecule has 0 aliphatic rings. The van der Waals surface area contributed by atoms with E-state index in [-0.39, 0.29) is 17.8 Å². The van der Waals surface area contributed by atoms with Crippen LogP contribution < -0.4 is 5.73 Å². The molecule has 3 N–H and O–H groups in total. The summed E-state index contributed by atoms with van der Waals surface area (Å²) in [5.41, 5.74) is 7.38. The van der Waals surface area contributed by atoms with Crippen molar-refractivity contribution < 1.29 is 9.90 Å². The van der Waals surface area contributed by atoms with Crippen molar-refractivity contribution in [2.24, 2.45) is 5.73 Å². The van der Waals surface area contributed by atoms with Gasteiger partial charge in [0.2, 0.25) is 0 Å². The molecule has 0 unspecified atom stereocenters. The van der Waals surface area contributed by atoms with Gasteiger partial charge in [0.1, 0.15) is 6.04 Å². The fraction of sp³-hybridized carbons (Fsp3) is 0.417. The summed E-state index contributed by atoms with van der Waals surface area (Å²) >= 11 is 0. The van der Waals surface area contributed by atoms with E-state index < -0.39 is 12.0 Å². The zero-order chi connectivity index (χ0) is 11.6. The molecule has 0 bridgehead atoms. The van der Waals surface area contributed by atoms with E-state index in [9.17, 15) is 4.79 Å². The van der Waals surface area contributed by atoms with Crippen LogP contribution in [0.25, 0.3) is 0 Å². The summed E-state index contributed by atoms with van der Waals surface area (Å²) in [4.78, 5) is 10.7. The van der Waals surface area contributed by atoms with Crippen LogP contribution >= 0.6 is 12.4 Å². The van der Waals surface area contributed by atoms with Crippen molar-refractivity contribution in [3.63, 3.8) is 0 Å². The van der Waals surface area contributed by atoms with Crippen molar-refractivity contribution in [3.8, 4) is 0 Å². The van der Waals surface area contributed by atoms with Gasteiger partial charge in [0.15, 0.2) is 0 Å². The summed E-state index contributed by atoms with van der Waals surface area (Å²) in [6.45, 7) is 6.33. The van der Waals surface area contributed by atoms with E-state index in [1.165, 1.54) is 5.56 Å². The molecule has 3 nitrogen and oxygen atoms in total. The third kappa shape index (κ3) is 3.51. The molecule has 4 heteroatoms. The Morgan fingerprint density at radius 2 is 1.69 bits per heavy atom. The molecule has 1 atom stereocenters. The quantitative estimate of drug-likeness (QED) is 0.839. The monoisotopic (exact) mass is 243 g/mol. The van der Waals surface area contributed by atoms with Crippen LogP contribution in [0.3, 0.4) is 0 Å². The Kier molecular flexibility index (Phi) is 4.97. The molecule has 0 saturated heterocycles. The van der Waals surface area contributed by atoms with Gasteiger partial charge in [-0.1, -0.05) is 45.0 Å². The van der Waals surface area contributed by atoms with E-state index in [1.54, 1.807) is 12.1 Å². The number of benzene rings is 1. The average Bonchev–Trinajstić information content (AvgIpc) is 2.15. The predicted octanol–water partition coefficient (Wildman–Crippen LogP) is 2.49. The summed E-state index contributed by atoms with van der Waals surface area (Å²) in [5.74, 6) is -1.00. The first-order valence-corrected chi connectivity index (χ1v) is 4.91. The SMILES string of the molecule is CC(C)(C)c1ccc([C@H](N)C(=O)O)cc1.Cl. The zero-order valence-electron chi connectivity index (χ0n) is 9.73. The second-order valence-electron chi connectivity index (χ2n) is 4.69. The Balaban J connectivity index is 0.00000225. The summed E-state index contributed by atoms with van der Waals surface area (Å²) in [7, 11) is 0. The minimum atomic E-state index is -1.00. The maximum Gasteiger partial charge on any atom is 0.325 e. The highest BCUT2D eigenvalue weighted by molar-refractivity contribution is 5.85. The van der Waals surface area contributed by atoms with Crippen molar-refractivity contribution in [1.82, 2.24) is 0 Å². The number of hydrogen-bond donors (Lipinski definition) is 2. The lowest BCUT2D eigenvalue weighted by Crippen LogP contribution is -2.21. The number of nitrogens with two attached hydrogens (primary N) is 1. The largest absolute Gasteiger partial charge is 0.480 e. The van der Waals surface area contributed by atoms with Gasteiger partial charge in [-0.05, 0) is 16.5 Å². The van der Waals surface area contributed by atoms with Crippen LogP contribution in [0.5, 0.6) is 0 Å². The van der Waals surface area contributed by atoms with Crippen molar-refractivity contribution in [2.45, 2.75) is 32.2 Å². The molecule has 1 aromatic carbocycles. The molecule has 0 spiro atoms. The van der Waals surface area contributed by atoms with E-state index in [4.69, 9.17) is 10.8 Å². The van der Waals surface area contributed by atoms with Crippen molar-refractivity contribution in [1.29, 1.82) is 0 Å². The first kappa shape index (κ1) is 14.9. The summed E-state index contributed by atoms with van der Waals surface area (Å²) < 4.78 is 0. The zero-order valence-corrected chi connectivity index (χ0v) is 10.5. The summed E-state index contributed by atoms with van der Waals surface area (Å²) in [6, 6.07) is 6.48. The van der Waals surface area contributed by atoms with Gasteiger partial charge in [-0.15, -0.1) is 12.4 Å². The fourth-order valence-electron chi connectivity index (χ4n) is 1.33. The second kappa shape index (κ2) is 5.32. The molecule has 0 aromatic heterocycles. The van der Waals surface area contributed by atoms with Gasteiger partial charge in [-0.3, -0.25) is 4.79 Å². The molecule has 90 valence electrons. The van der Waals surface area contributed by atoms with Crippen molar-refractivity contribution in [3.05, 3.63) is 35.4 Å². The number of carboxylic acids is 1. The van der Waals surface area contributed by atoms with E-state index in [1.807, 2.05) is 12.1 Å². The fourth-order valence-corrected chi connectivity index (χ4v) is 1.33. The third-order valence-corrected chi connectivity index (χ3v) is 2.40. The topological polar surface area (TPSA) is 63.3 Å². The van der Waals surface area contributed by atoms with Gasteiger partial charge in [0.05, 0.1) is 0 Å². The lowest BCUT2D eigenvalue weighted by atomic mass is 9.86. The van der Waals surface area contributed by atoms with Gasteiger partial charge in [-0.2, -0.15) is 0 Å². The van der Waals surface area contributed by atoms with Crippen LogP contribution in [-0.2, 0) is 10.2 Å². The normalized spacial score (nSPS) is 12.8. The highest BCUT2D eigenvalue weighted by Crippen LogP contribution is 2.23. The molecule has 1 aromatic rings. The Hall–Kier alpha value is -1.06. The smallest absolute Gasteiger partial charge is 0.325 e. The van der Waals surface area contributed by atoms with Crippen LogP contribution in [0.1, 0.15) is 37.9 Å². The maximum atomic E-state index is 10.7. The molecular weight excluding hydrogens is 226 g/mol. The van der Waals surface area contributed by atoms with E-state index in [0.717, 1.165) is 0 Å². The predicted molar refractivity (Wildman–Crippen MR) is 67.0 cm³/mol. The number of hydrogen-bond acceptors (Lipinski definition) is 2. The highest BCUT2D eigenvalue weighted by Gasteiger charge is 2.16. The van der Waals surface area contributed by atoms with Crippen LogP contribution in [0.15, 0.2) is 24.3 Å². The number of aliphatic carboxylic acids is 1. The number of rotatable bonds is 2. The van der Waals surface area contributed by atoms with Crippen LogP contribution in [0.2, 0.25) is 0 Å². The number of carbonyl (C=O) groups is 1. The number of halogens is 1. The molecule has 0 aliphatic heterocycles. The van der Waals surface area contributed by atoms with Gasteiger partial charge in [-0.25, -0.2) is 0 Å². The van der Waals surface area contributed by atoms with E-state index in [0.29, 0.717) is 5.56 Å². The highest BCUT2D eigenvalue weighted by atomic mass is 35.5. The van der Waals surface area contributed by atoms with Gasteiger partial charge in [0.25, 0.3) is 0 Å². The lowest BCUT2D eigenvalue weighted by Gasteiger charge is -2.19. The Morgan fingerprint density at radius 1 is 1.25 bits per heavy atom. The van der Waals surface area contributed by atoms with Crippen molar-refractivity contribution in [2.75, 3.05) is 0 Å². The first-order valence-electron chi connectivity index (χ1n) is 4.91. The molecule has 0 fully saturated rings. The molecule has 16 heavy (non-hydrogen) atoms. The molecule has 0 radical (unpaired) electrons. The minimum Gasteiger partial charge on any atom is -0.480 e. The second-order valence-corrected chi connectivity index (χ2v) is 4.69. The standard InChI is InChI=1S/C12H17NO2.ClH/c1-12(2,3)9-6-4-8(5-7-9)10(13)11(14)15;/h4-7,10H,13H2,1-3H3,(H,14,15);1H/t10-;/m0./s1. The summed E-state index contributed by atoms with van der Waals surface area (Å²) in [5, 5.41) is 8.74. The van der Waals surface area contributed by atoms with Gasteiger partial charge in [0, 0.05) is 0 Å². The van der Waals surface area contributed by atoms with E-state index in [2.05, 4.69) is 20.8 Å². The summed E-state index contributed by atoms with van der Waals surface area (Å²) in [6.07, 6.45) is 0. The lowest BCUT2D eigenvalue weighted by molar-refractivity contribution is -0.138. The average molecular weight is 244 g/mol. The van der Waals surface area contributed by atoms with Crippen molar-refractivity contribution >= 4 is 18.4 Å². The Labute approximate surface area is 102 Å². The van der Waals surface area contributed by atoms with Gasteiger partial charge >= 0.3 is 5.97 Å². The molecule has 1 rings (SSSR count). The maximum absolute atomic E-state index is 10.7.